The summed E-state index contributed by atoms with van der Waals surface area (Å²) in [5, 5.41) is 8.14. The van der Waals surface area contributed by atoms with Crippen molar-refractivity contribution in [2.75, 3.05) is 0 Å². The van der Waals surface area contributed by atoms with Gasteiger partial charge in [-0.05, 0) is 35.9 Å². The van der Waals surface area contributed by atoms with Crippen molar-refractivity contribution < 1.29 is 4.74 Å². The molecule has 28 heavy (non-hydrogen) atoms. The second-order valence-electron chi connectivity index (χ2n) is 6.83. The molecule has 2 atom stereocenters. The highest BCUT2D eigenvalue weighted by molar-refractivity contribution is 9.10. The number of hydrogen-bond acceptors (Lipinski definition) is 3. The number of ether oxygens (including phenoxy) is 1. The molecule has 0 fully saturated rings. The molecule has 3 nitrogen and oxygen atoms in total. The molecule has 0 amide bonds. The lowest BCUT2D eigenvalue weighted by molar-refractivity contribution is -0.0189. The van der Waals surface area contributed by atoms with Crippen molar-refractivity contribution in [1.29, 1.82) is 0 Å². The highest BCUT2D eigenvalue weighted by atomic mass is 79.9. The van der Waals surface area contributed by atoms with Crippen LogP contribution in [0, 0.1) is 0 Å². The maximum Gasteiger partial charge on any atom is 0.215 e. The minimum absolute atomic E-state index is 0.0975. The maximum atomic E-state index is 6.51. The van der Waals surface area contributed by atoms with E-state index in [0.29, 0.717) is 10.0 Å². The molecule has 0 N–H and O–H groups in total. The second kappa shape index (κ2) is 7.11. The van der Waals surface area contributed by atoms with Crippen LogP contribution in [-0.4, -0.2) is 10.7 Å². The monoisotopic (exact) mass is 472 g/mol. The van der Waals surface area contributed by atoms with Gasteiger partial charge in [-0.1, -0.05) is 75.5 Å². The van der Waals surface area contributed by atoms with Crippen molar-refractivity contribution in [2.24, 2.45) is 5.10 Å². The van der Waals surface area contributed by atoms with Gasteiger partial charge in [0.15, 0.2) is 0 Å². The third-order valence-electron chi connectivity index (χ3n) is 5.11. The Morgan fingerprint density at radius 1 is 0.964 bits per heavy atom. The van der Waals surface area contributed by atoms with Crippen LogP contribution in [0.4, 0.5) is 0 Å². The van der Waals surface area contributed by atoms with E-state index >= 15 is 0 Å². The summed E-state index contributed by atoms with van der Waals surface area (Å²) in [4.78, 5) is 0. The number of nitrogens with zero attached hydrogens (tertiary/aromatic N) is 2. The second-order valence-corrected chi connectivity index (χ2v) is 8.59. The largest absolute Gasteiger partial charge is 0.464 e. The number of fused-ring (bicyclic) bond motifs is 3. The number of hydrogen-bond donors (Lipinski definition) is 0. The first-order chi connectivity index (χ1) is 13.6. The van der Waals surface area contributed by atoms with Gasteiger partial charge in [-0.3, -0.25) is 0 Å². The summed E-state index contributed by atoms with van der Waals surface area (Å²) in [5.74, 6) is 0.868. The van der Waals surface area contributed by atoms with E-state index in [0.717, 1.165) is 39.0 Å². The molecule has 140 valence electrons. The molecule has 0 radical (unpaired) electrons. The third-order valence-corrected chi connectivity index (χ3v) is 6.20. The van der Waals surface area contributed by atoms with Crippen molar-refractivity contribution in [1.82, 2.24) is 5.01 Å². The molecule has 2 aliphatic rings. The van der Waals surface area contributed by atoms with E-state index in [-0.39, 0.29) is 6.04 Å². The van der Waals surface area contributed by atoms with Gasteiger partial charge in [-0.15, -0.1) is 0 Å². The number of benzene rings is 3. The number of hydrazone groups is 1. The lowest BCUT2D eigenvalue weighted by atomic mass is 9.96. The van der Waals surface area contributed by atoms with Crippen LogP contribution in [-0.2, 0) is 0 Å². The number of halogens is 3. The van der Waals surface area contributed by atoms with Crippen LogP contribution < -0.4 is 4.74 Å². The molecule has 0 bridgehead atoms. The van der Waals surface area contributed by atoms with E-state index < -0.39 is 6.23 Å². The van der Waals surface area contributed by atoms with Crippen LogP contribution in [0.1, 0.15) is 35.4 Å². The van der Waals surface area contributed by atoms with Crippen molar-refractivity contribution >= 4 is 44.8 Å². The predicted molar refractivity (Wildman–Crippen MR) is 116 cm³/mol. The van der Waals surface area contributed by atoms with Gasteiger partial charge in [-0.25, -0.2) is 5.01 Å². The fourth-order valence-corrected chi connectivity index (χ4v) is 4.52. The SMILES string of the molecule is Clc1ccc([C@H]2Oc3ccccc3[C@H]3CC(c4ccc(Br)cc4)=NN32)c(Cl)c1. The molecular formula is C22H15BrCl2N2O. The van der Waals surface area contributed by atoms with Crippen molar-refractivity contribution in [3.8, 4) is 5.75 Å². The Hall–Kier alpha value is -2.01. The van der Waals surface area contributed by atoms with Crippen LogP contribution >= 0.6 is 39.1 Å². The molecule has 0 aromatic heterocycles. The van der Waals surface area contributed by atoms with Gasteiger partial charge >= 0.3 is 0 Å². The average Bonchev–Trinajstić information content (AvgIpc) is 3.14. The van der Waals surface area contributed by atoms with Gasteiger partial charge < -0.3 is 4.74 Å². The minimum atomic E-state index is -0.405. The summed E-state index contributed by atoms with van der Waals surface area (Å²) in [5.41, 5.74) is 4.13. The molecule has 0 aliphatic carbocycles. The molecule has 2 heterocycles. The minimum Gasteiger partial charge on any atom is -0.464 e. The summed E-state index contributed by atoms with van der Waals surface area (Å²) in [6.07, 6.45) is 0.404. The number of rotatable bonds is 2. The predicted octanol–water partition coefficient (Wildman–Crippen LogP) is 7.00. The molecule has 6 heteroatoms. The van der Waals surface area contributed by atoms with E-state index in [1.807, 2.05) is 47.5 Å². The molecule has 3 aromatic carbocycles. The highest BCUT2D eigenvalue weighted by Crippen LogP contribution is 2.48. The van der Waals surface area contributed by atoms with Crippen LogP contribution in [0.15, 0.2) is 76.3 Å². The Balaban J connectivity index is 1.61. The summed E-state index contributed by atoms with van der Waals surface area (Å²) in [6, 6.07) is 21.9. The quantitative estimate of drug-likeness (QED) is 0.400. The van der Waals surface area contributed by atoms with Crippen LogP contribution in [0.3, 0.4) is 0 Å². The van der Waals surface area contributed by atoms with Gasteiger partial charge in [0, 0.05) is 27.0 Å². The zero-order chi connectivity index (χ0) is 19.3. The smallest absolute Gasteiger partial charge is 0.215 e. The Morgan fingerprint density at radius 3 is 2.54 bits per heavy atom. The molecule has 5 rings (SSSR count). The summed E-state index contributed by atoms with van der Waals surface area (Å²) < 4.78 is 7.39. The first-order valence-corrected chi connectivity index (χ1v) is 10.5. The normalized spacial score (nSPS) is 20.2. The van der Waals surface area contributed by atoms with E-state index in [9.17, 15) is 0 Å². The fraction of sp³-hybridized carbons (Fsp3) is 0.136. The third kappa shape index (κ3) is 3.10. The van der Waals surface area contributed by atoms with E-state index in [1.165, 1.54) is 0 Å². The van der Waals surface area contributed by atoms with Crippen LogP contribution in [0.5, 0.6) is 5.75 Å². The standard InChI is InChI=1S/C22H15BrCl2N2O/c23-14-7-5-13(6-8-14)19-12-20-17-3-1-2-4-21(17)28-22(27(20)26-19)16-10-9-15(24)11-18(16)25/h1-11,20,22H,12H2/t20-,22-/m1/s1. The van der Waals surface area contributed by atoms with Crippen LogP contribution in [0.2, 0.25) is 10.0 Å². The molecule has 3 aromatic rings. The van der Waals surface area contributed by atoms with Gasteiger partial charge in [0.1, 0.15) is 5.75 Å². The van der Waals surface area contributed by atoms with Crippen LogP contribution in [0.25, 0.3) is 0 Å². The van der Waals surface area contributed by atoms with Gasteiger partial charge in [0.05, 0.1) is 16.8 Å². The Bertz CT molecular complexity index is 1080. The highest BCUT2D eigenvalue weighted by Gasteiger charge is 2.41. The van der Waals surface area contributed by atoms with Gasteiger partial charge in [-0.2, -0.15) is 5.10 Å². The van der Waals surface area contributed by atoms with E-state index in [4.69, 9.17) is 33.0 Å². The lowest BCUT2D eigenvalue weighted by Gasteiger charge is -2.38. The fourth-order valence-electron chi connectivity index (χ4n) is 3.76. The maximum absolute atomic E-state index is 6.51. The Labute approximate surface area is 181 Å². The molecule has 0 unspecified atom stereocenters. The average molecular weight is 474 g/mol. The lowest BCUT2D eigenvalue weighted by Crippen LogP contribution is -2.33. The molecule has 0 saturated heterocycles. The molecule has 0 saturated carbocycles. The summed E-state index contributed by atoms with van der Waals surface area (Å²) in [6.45, 7) is 0. The Morgan fingerprint density at radius 2 is 1.75 bits per heavy atom. The number of para-hydroxylation sites is 1. The van der Waals surface area contributed by atoms with Crippen molar-refractivity contribution in [3.05, 3.63) is 97.9 Å². The van der Waals surface area contributed by atoms with E-state index in [1.54, 1.807) is 6.07 Å². The van der Waals surface area contributed by atoms with Crippen molar-refractivity contribution in [3.63, 3.8) is 0 Å². The topological polar surface area (TPSA) is 24.8 Å². The first kappa shape index (κ1) is 18.0. The van der Waals surface area contributed by atoms with Gasteiger partial charge in [0.25, 0.3) is 0 Å². The van der Waals surface area contributed by atoms with E-state index in [2.05, 4.69) is 34.1 Å². The Kier molecular flexibility index (Phi) is 4.58. The zero-order valence-electron chi connectivity index (χ0n) is 14.6. The van der Waals surface area contributed by atoms with Gasteiger partial charge in [0.2, 0.25) is 6.23 Å². The first-order valence-electron chi connectivity index (χ1n) is 8.92. The molecule has 0 spiro atoms. The summed E-state index contributed by atoms with van der Waals surface area (Å²) >= 11 is 16.1. The molecular weight excluding hydrogens is 459 g/mol. The summed E-state index contributed by atoms with van der Waals surface area (Å²) in [7, 11) is 0. The van der Waals surface area contributed by atoms with Crippen molar-refractivity contribution in [2.45, 2.75) is 18.7 Å². The molecule has 2 aliphatic heterocycles. The zero-order valence-corrected chi connectivity index (χ0v) is 17.7.